The zero-order valence-corrected chi connectivity index (χ0v) is 8.60. The summed E-state index contributed by atoms with van der Waals surface area (Å²) < 4.78 is 1.23. The SMILES string of the molecule is O=c1[nH]cc(-c2csc3ccccc23)[nH]1. The third kappa shape index (κ3) is 1.30. The van der Waals surface area contributed by atoms with Gasteiger partial charge in [0, 0.05) is 27.2 Å². The maximum Gasteiger partial charge on any atom is 0.323 e. The fraction of sp³-hybridized carbons (Fsp3) is 0. The van der Waals surface area contributed by atoms with Crippen molar-refractivity contribution in [3.8, 4) is 11.3 Å². The highest BCUT2D eigenvalue weighted by molar-refractivity contribution is 7.17. The number of hydrogen-bond acceptors (Lipinski definition) is 2. The van der Waals surface area contributed by atoms with E-state index in [1.807, 2.05) is 12.1 Å². The molecule has 0 atom stereocenters. The first kappa shape index (κ1) is 8.49. The summed E-state index contributed by atoms with van der Waals surface area (Å²) in [5.74, 6) is 0. The topological polar surface area (TPSA) is 48.6 Å². The highest BCUT2D eigenvalue weighted by Gasteiger charge is 2.06. The Bertz CT molecular complexity index is 662. The molecule has 0 aliphatic heterocycles. The molecule has 0 amide bonds. The predicted molar refractivity (Wildman–Crippen MR) is 62.2 cm³/mol. The van der Waals surface area contributed by atoms with Crippen LogP contribution in [0.2, 0.25) is 0 Å². The lowest BCUT2D eigenvalue weighted by Crippen LogP contribution is -1.99. The van der Waals surface area contributed by atoms with Crippen molar-refractivity contribution in [3.63, 3.8) is 0 Å². The summed E-state index contributed by atoms with van der Waals surface area (Å²) in [4.78, 5) is 16.4. The number of aromatic nitrogens is 2. The summed E-state index contributed by atoms with van der Waals surface area (Å²) in [7, 11) is 0. The van der Waals surface area contributed by atoms with Gasteiger partial charge in [-0.1, -0.05) is 18.2 Å². The molecular weight excluding hydrogens is 208 g/mol. The molecule has 0 bridgehead atoms. The van der Waals surface area contributed by atoms with Crippen LogP contribution in [0.1, 0.15) is 0 Å². The van der Waals surface area contributed by atoms with Crippen molar-refractivity contribution in [2.45, 2.75) is 0 Å². The number of rotatable bonds is 1. The molecule has 0 spiro atoms. The molecule has 2 heterocycles. The molecule has 3 rings (SSSR count). The van der Waals surface area contributed by atoms with Gasteiger partial charge in [-0.3, -0.25) is 0 Å². The smallest absolute Gasteiger partial charge is 0.312 e. The van der Waals surface area contributed by atoms with Gasteiger partial charge in [-0.25, -0.2) is 4.79 Å². The Balaban J connectivity index is 2.32. The molecule has 15 heavy (non-hydrogen) atoms. The first-order chi connectivity index (χ1) is 7.34. The van der Waals surface area contributed by atoms with Crippen molar-refractivity contribution < 1.29 is 0 Å². The van der Waals surface area contributed by atoms with Crippen LogP contribution in [0.25, 0.3) is 21.3 Å². The Morgan fingerprint density at radius 3 is 2.87 bits per heavy atom. The van der Waals surface area contributed by atoms with Crippen LogP contribution in [0, 0.1) is 0 Å². The van der Waals surface area contributed by atoms with E-state index in [0.29, 0.717) is 0 Å². The Labute approximate surface area is 89.4 Å². The largest absolute Gasteiger partial charge is 0.323 e. The molecule has 0 aliphatic carbocycles. The van der Waals surface area contributed by atoms with Crippen LogP contribution in [0.5, 0.6) is 0 Å². The van der Waals surface area contributed by atoms with Gasteiger partial charge in [0.05, 0.1) is 5.69 Å². The molecule has 0 saturated heterocycles. The minimum atomic E-state index is -0.166. The van der Waals surface area contributed by atoms with E-state index in [0.717, 1.165) is 11.3 Å². The minimum Gasteiger partial charge on any atom is -0.312 e. The molecule has 0 aliphatic rings. The van der Waals surface area contributed by atoms with Gasteiger partial charge < -0.3 is 9.97 Å². The van der Waals surface area contributed by atoms with E-state index in [-0.39, 0.29) is 5.69 Å². The number of fused-ring (bicyclic) bond motifs is 1. The molecule has 1 aromatic carbocycles. The van der Waals surface area contributed by atoms with Gasteiger partial charge >= 0.3 is 5.69 Å². The quantitative estimate of drug-likeness (QED) is 0.645. The number of H-pyrrole nitrogens is 2. The lowest BCUT2D eigenvalue weighted by molar-refractivity contribution is 1.19. The Morgan fingerprint density at radius 1 is 1.20 bits per heavy atom. The molecule has 2 N–H and O–H groups in total. The number of nitrogens with one attached hydrogen (secondary N) is 2. The average molecular weight is 216 g/mol. The van der Waals surface area contributed by atoms with Crippen LogP contribution in [0.3, 0.4) is 0 Å². The molecule has 3 aromatic rings. The molecule has 0 radical (unpaired) electrons. The molecule has 74 valence electrons. The van der Waals surface area contributed by atoms with E-state index < -0.39 is 0 Å². The number of thiophene rings is 1. The van der Waals surface area contributed by atoms with E-state index in [1.165, 1.54) is 10.1 Å². The number of hydrogen-bond donors (Lipinski definition) is 2. The molecule has 0 saturated carbocycles. The zero-order valence-electron chi connectivity index (χ0n) is 7.78. The van der Waals surface area contributed by atoms with Gasteiger partial charge in [0.15, 0.2) is 0 Å². The predicted octanol–water partition coefficient (Wildman–Crippen LogP) is 2.58. The minimum absolute atomic E-state index is 0.166. The second kappa shape index (κ2) is 3.10. The first-order valence-corrected chi connectivity index (χ1v) is 5.47. The third-order valence-electron chi connectivity index (χ3n) is 2.37. The van der Waals surface area contributed by atoms with E-state index in [1.54, 1.807) is 17.5 Å². The van der Waals surface area contributed by atoms with Gasteiger partial charge in [-0.15, -0.1) is 11.3 Å². The molecule has 2 aromatic heterocycles. The summed E-state index contributed by atoms with van der Waals surface area (Å²) >= 11 is 1.68. The molecular formula is C11H8N2OS. The fourth-order valence-corrected chi connectivity index (χ4v) is 2.62. The maximum absolute atomic E-state index is 11.0. The summed E-state index contributed by atoms with van der Waals surface area (Å²) in [6.45, 7) is 0. The summed E-state index contributed by atoms with van der Waals surface area (Å²) in [6, 6.07) is 8.16. The summed E-state index contributed by atoms with van der Waals surface area (Å²) in [5, 5.41) is 3.24. The monoisotopic (exact) mass is 216 g/mol. The van der Waals surface area contributed by atoms with Crippen LogP contribution in [-0.2, 0) is 0 Å². The van der Waals surface area contributed by atoms with Crippen molar-refractivity contribution in [2.24, 2.45) is 0 Å². The summed E-state index contributed by atoms with van der Waals surface area (Å²) in [6.07, 6.45) is 1.71. The number of aromatic amines is 2. The second-order valence-electron chi connectivity index (χ2n) is 3.30. The van der Waals surface area contributed by atoms with Gasteiger partial charge in [0.2, 0.25) is 0 Å². The number of benzene rings is 1. The van der Waals surface area contributed by atoms with E-state index in [9.17, 15) is 4.79 Å². The molecule has 0 unspecified atom stereocenters. The van der Waals surface area contributed by atoms with E-state index in [4.69, 9.17) is 0 Å². The van der Waals surface area contributed by atoms with E-state index in [2.05, 4.69) is 27.5 Å². The van der Waals surface area contributed by atoms with Crippen LogP contribution < -0.4 is 5.69 Å². The Kier molecular flexibility index (Phi) is 1.76. The standard InChI is InChI=1S/C11H8N2OS/c14-11-12-5-9(13-11)8-6-15-10-4-2-1-3-7(8)10/h1-6H,(H2,12,13,14). The van der Waals surface area contributed by atoms with Gasteiger partial charge in [0.25, 0.3) is 0 Å². The Hall–Kier alpha value is -1.81. The molecule has 3 nitrogen and oxygen atoms in total. The zero-order chi connectivity index (χ0) is 10.3. The maximum atomic E-state index is 11.0. The van der Waals surface area contributed by atoms with Crippen LogP contribution in [-0.4, -0.2) is 9.97 Å². The van der Waals surface area contributed by atoms with Crippen molar-refractivity contribution in [1.29, 1.82) is 0 Å². The van der Waals surface area contributed by atoms with Crippen LogP contribution in [0.15, 0.2) is 40.6 Å². The number of imidazole rings is 1. The fourth-order valence-electron chi connectivity index (χ4n) is 1.66. The Morgan fingerprint density at radius 2 is 2.07 bits per heavy atom. The summed E-state index contributed by atoms with van der Waals surface area (Å²) in [5.41, 5.74) is 1.76. The van der Waals surface area contributed by atoms with Crippen molar-refractivity contribution in [2.75, 3.05) is 0 Å². The third-order valence-corrected chi connectivity index (χ3v) is 3.33. The van der Waals surface area contributed by atoms with E-state index >= 15 is 0 Å². The van der Waals surface area contributed by atoms with Gasteiger partial charge in [-0.05, 0) is 6.07 Å². The normalized spacial score (nSPS) is 10.9. The average Bonchev–Trinajstić information content (AvgIpc) is 2.83. The lowest BCUT2D eigenvalue weighted by atomic mass is 10.1. The lowest BCUT2D eigenvalue weighted by Gasteiger charge is -1.93. The van der Waals surface area contributed by atoms with Crippen molar-refractivity contribution >= 4 is 21.4 Å². The second-order valence-corrected chi connectivity index (χ2v) is 4.21. The van der Waals surface area contributed by atoms with Crippen LogP contribution in [0.4, 0.5) is 0 Å². The van der Waals surface area contributed by atoms with Gasteiger partial charge in [-0.2, -0.15) is 0 Å². The highest BCUT2D eigenvalue weighted by Crippen LogP contribution is 2.31. The highest BCUT2D eigenvalue weighted by atomic mass is 32.1. The van der Waals surface area contributed by atoms with Crippen LogP contribution >= 0.6 is 11.3 Å². The molecule has 4 heteroatoms. The first-order valence-electron chi connectivity index (χ1n) is 4.59. The van der Waals surface area contributed by atoms with Gasteiger partial charge in [0.1, 0.15) is 0 Å². The van der Waals surface area contributed by atoms with Crippen molar-refractivity contribution in [1.82, 2.24) is 9.97 Å². The van der Waals surface area contributed by atoms with Crippen molar-refractivity contribution in [3.05, 3.63) is 46.3 Å². The molecule has 0 fully saturated rings.